The number of ether oxygens (including phenoxy) is 2. The first-order valence-electron chi connectivity index (χ1n) is 9.03. The molecule has 1 aliphatic heterocycles. The Bertz CT molecular complexity index is 930. The van der Waals surface area contributed by atoms with Crippen molar-refractivity contribution in [3.63, 3.8) is 0 Å². The first-order chi connectivity index (χ1) is 13.5. The van der Waals surface area contributed by atoms with E-state index >= 15 is 0 Å². The standard InChI is InChI=1S/C22H21NO5/c1-3-27-17-8-4-15(5-9-17)6-11-21(25)28-13-20(24)16-7-10-19-18(12-16)14(2)22(26)23-19/h4-12,14H,3,13H2,1-2H3,(H,23,26)/b11-6+/t14-/m1/s1. The largest absolute Gasteiger partial charge is 0.494 e. The maximum atomic E-state index is 12.3. The van der Waals surface area contributed by atoms with E-state index < -0.39 is 5.97 Å². The molecular formula is C22H21NO5. The molecule has 1 aliphatic rings. The lowest BCUT2D eigenvalue weighted by Gasteiger charge is -2.06. The number of benzene rings is 2. The van der Waals surface area contributed by atoms with Crippen LogP contribution in [-0.4, -0.2) is 30.9 Å². The van der Waals surface area contributed by atoms with Crippen molar-refractivity contribution in [2.45, 2.75) is 19.8 Å². The molecule has 0 unspecified atom stereocenters. The first-order valence-corrected chi connectivity index (χ1v) is 9.03. The van der Waals surface area contributed by atoms with Gasteiger partial charge in [-0.15, -0.1) is 0 Å². The molecule has 1 amide bonds. The van der Waals surface area contributed by atoms with Crippen LogP contribution in [0.25, 0.3) is 6.08 Å². The third kappa shape index (κ3) is 4.46. The fourth-order valence-corrected chi connectivity index (χ4v) is 2.86. The van der Waals surface area contributed by atoms with E-state index in [4.69, 9.17) is 9.47 Å². The van der Waals surface area contributed by atoms with E-state index in [0.29, 0.717) is 17.9 Å². The van der Waals surface area contributed by atoms with Crippen molar-refractivity contribution in [2.75, 3.05) is 18.5 Å². The Balaban J connectivity index is 1.54. The minimum Gasteiger partial charge on any atom is -0.494 e. The quantitative estimate of drug-likeness (QED) is 0.452. The molecule has 1 heterocycles. The highest BCUT2D eigenvalue weighted by Gasteiger charge is 2.27. The fraction of sp³-hybridized carbons (Fsp3) is 0.227. The van der Waals surface area contributed by atoms with Gasteiger partial charge in [0.1, 0.15) is 5.75 Å². The number of hydrogen-bond donors (Lipinski definition) is 1. The van der Waals surface area contributed by atoms with Crippen molar-refractivity contribution >= 4 is 29.4 Å². The van der Waals surface area contributed by atoms with Gasteiger partial charge < -0.3 is 14.8 Å². The highest BCUT2D eigenvalue weighted by Crippen LogP contribution is 2.32. The average molecular weight is 379 g/mol. The van der Waals surface area contributed by atoms with Gasteiger partial charge in [0.05, 0.1) is 12.5 Å². The van der Waals surface area contributed by atoms with Crippen molar-refractivity contribution in [2.24, 2.45) is 0 Å². The Kier molecular flexibility index (Phi) is 5.89. The summed E-state index contributed by atoms with van der Waals surface area (Å²) >= 11 is 0. The second-order valence-electron chi connectivity index (χ2n) is 6.38. The van der Waals surface area contributed by atoms with Crippen molar-refractivity contribution in [1.82, 2.24) is 0 Å². The third-order valence-electron chi connectivity index (χ3n) is 4.44. The van der Waals surface area contributed by atoms with Gasteiger partial charge in [-0.1, -0.05) is 12.1 Å². The summed E-state index contributed by atoms with van der Waals surface area (Å²) in [6, 6.07) is 12.2. The summed E-state index contributed by atoms with van der Waals surface area (Å²) in [6.45, 7) is 3.92. The molecule has 0 aromatic heterocycles. The molecule has 3 rings (SSSR count). The number of carbonyl (C=O) groups excluding carboxylic acids is 3. The zero-order valence-electron chi connectivity index (χ0n) is 15.7. The number of amides is 1. The maximum absolute atomic E-state index is 12.3. The second kappa shape index (κ2) is 8.52. The Morgan fingerprint density at radius 3 is 2.61 bits per heavy atom. The monoisotopic (exact) mass is 379 g/mol. The van der Waals surface area contributed by atoms with Crippen LogP contribution in [0.5, 0.6) is 5.75 Å². The van der Waals surface area contributed by atoms with E-state index in [1.165, 1.54) is 6.08 Å². The van der Waals surface area contributed by atoms with Crippen LogP contribution in [-0.2, 0) is 14.3 Å². The van der Waals surface area contributed by atoms with E-state index in [-0.39, 0.29) is 24.2 Å². The number of rotatable bonds is 7. The van der Waals surface area contributed by atoms with Crippen molar-refractivity contribution < 1.29 is 23.9 Å². The number of anilines is 1. The highest BCUT2D eigenvalue weighted by atomic mass is 16.5. The second-order valence-corrected chi connectivity index (χ2v) is 6.38. The normalized spacial score (nSPS) is 15.2. The Hall–Kier alpha value is -3.41. The molecule has 0 saturated heterocycles. The molecule has 2 aromatic rings. The molecule has 1 atom stereocenters. The van der Waals surface area contributed by atoms with E-state index in [9.17, 15) is 14.4 Å². The molecule has 1 N–H and O–H groups in total. The van der Waals surface area contributed by atoms with E-state index in [1.54, 1.807) is 31.2 Å². The van der Waals surface area contributed by atoms with Crippen LogP contribution < -0.4 is 10.1 Å². The highest BCUT2D eigenvalue weighted by molar-refractivity contribution is 6.05. The maximum Gasteiger partial charge on any atom is 0.331 e. The van der Waals surface area contributed by atoms with Gasteiger partial charge >= 0.3 is 5.97 Å². The number of fused-ring (bicyclic) bond motifs is 1. The van der Waals surface area contributed by atoms with Crippen LogP contribution in [0.4, 0.5) is 5.69 Å². The van der Waals surface area contributed by atoms with Crippen LogP contribution in [0.15, 0.2) is 48.5 Å². The van der Waals surface area contributed by atoms with E-state index in [2.05, 4.69) is 5.32 Å². The lowest BCUT2D eigenvalue weighted by molar-refractivity contribution is -0.136. The predicted octanol–water partition coefficient (Wildman–Crippen LogP) is 3.58. The molecule has 0 bridgehead atoms. The molecule has 6 nitrogen and oxygen atoms in total. The van der Waals surface area contributed by atoms with Crippen LogP contribution in [0, 0.1) is 0 Å². The number of ketones is 1. The Morgan fingerprint density at radius 1 is 1.14 bits per heavy atom. The average Bonchev–Trinajstić information content (AvgIpc) is 2.99. The van der Waals surface area contributed by atoms with Gasteiger partial charge in [0, 0.05) is 17.3 Å². The van der Waals surface area contributed by atoms with Gasteiger partial charge in [-0.05, 0) is 61.4 Å². The van der Waals surface area contributed by atoms with Crippen LogP contribution in [0.1, 0.15) is 41.3 Å². The molecule has 6 heteroatoms. The molecule has 0 radical (unpaired) electrons. The Morgan fingerprint density at radius 2 is 1.89 bits per heavy atom. The third-order valence-corrected chi connectivity index (χ3v) is 4.44. The van der Waals surface area contributed by atoms with Gasteiger partial charge in [0.2, 0.25) is 5.91 Å². The molecule has 0 spiro atoms. The molecule has 0 aliphatic carbocycles. The van der Waals surface area contributed by atoms with Crippen LogP contribution >= 0.6 is 0 Å². The SMILES string of the molecule is CCOc1ccc(/C=C/C(=O)OCC(=O)c2ccc3c(c2)[C@@H](C)C(=O)N3)cc1. The number of nitrogens with one attached hydrogen (secondary N) is 1. The number of hydrogen-bond acceptors (Lipinski definition) is 5. The van der Waals surface area contributed by atoms with Crippen LogP contribution in [0.3, 0.4) is 0 Å². The van der Waals surface area contributed by atoms with E-state index in [0.717, 1.165) is 16.9 Å². The van der Waals surface area contributed by atoms with Crippen molar-refractivity contribution in [3.8, 4) is 5.75 Å². The molecule has 2 aromatic carbocycles. The molecule has 0 fully saturated rings. The zero-order valence-corrected chi connectivity index (χ0v) is 15.7. The van der Waals surface area contributed by atoms with Gasteiger partial charge in [0.15, 0.2) is 12.4 Å². The Labute approximate surface area is 163 Å². The number of esters is 1. The van der Waals surface area contributed by atoms with Crippen molar-refractivity contribution in [3.05, 3.63) is 65.2 Å². The minimum atomic E-state index is -0.603. The smallest absolute Gasteiger partial charge is 0.331 e. The molecule has 28 heavy (non-hydrogen) atoms. The predicted molar refractivity (Wildman–Crippen MR) is 105 cm³/mol. The summed E-state index contributed by atoms with van der Waals surface area (Å²) < 4.78 is 10.4. The fourth-order valence-electron chi connectivity index (χ4n) is 2.86. The summed E-state index contributed by atoms with van der Waals surface area (Å²) in [4.78, 5) is 35.8. The summed E-state index contributed by atoms with van der Waals surface area (Å²) in [5.41, 5.74) is 2.71. The van der Waals surface area contributed by atoms with Crippen molar-refractivity contribution in [1.29, 1.82) is 0 Å². The van der Waals surface area contributed by atoms with Gasteiger partial charge in [-0.25, -0.2) is 4.79 Å². The number of Topliss-reactive ketones (excluding diaryl/α,β-unsaturated/α-hetero) is 1. The summed E-state index contributed by atoms with van der Waals surface area (Å²) in [5, 5.41) is 2.75. The number of carbonyl (C=O) groups is 3. The molecule has 144 valence electrons. The van der Waals surface area contributed by atoms with E-state index in [1.807, 2.05) is 31.2 Å². The minimum absolute atomic E-state index is 0.0922. The summed E-state index contributed by atoms with van der Waals surface area (Å²) in [6.07, 6.45) is 2.88. The summed E-state index contributed by atoms with van der Waals surface area (Å²) in [7, 11) is 0. The summed E-state index contributed by atoms with van der Waals surface area (Å²) in [5.74, 6) is -0.563. The van der Waals surface area contributed by atoms with Crippen LogP contribution in [0.2, 0.25) is 0 Å². The van der Waals surface area contributed by atoms with Gasteiger partial charge in [0.25, 0.3) is 0 Å². The molecule has 0 saturated carbocycles. The lowest BCUT2D eigenvalue weighted by atomic mass is 9.99. The topological polar surface area (TPSA) is 81.7 Å². The van der Waals surface area contributed by atoms with Gasteiger partial charge in [-0.2, -0.15) is 0 Å². The molecular weight excluding hydrogens is 358 g/mol. The lowest BCUT2D eigenvalue weighted by Crippen LogP contribution is -2.13. The first kappa shape index (κ1) is 19.4. The van der Waals surface area contributed by atoms with Gasteiger partial charge in [-0.3, -0.25) is 9.59 Å². The zero-order chi connectivity index (χ0) is 20.1.